The van der Waals surface area contributed by atoms with E-state index in [2.05, 4.69) is 4.28 Å². The highest BCUT2D eigenvalue weighted by Crippen LogP contribution is 1.83. The van der Waals surface area contributed by atoms with Crippen LogP contribution in [0.5, 0.6) is 0 Å². The van der Waals surface area contributed by atoms with Crippen LogP contribution in [0.2, 0.25) is 0 Å². The quantitative estimate of drug-likeness (QED) is 0.228. The van der Waals surface area contributed by atoms with E-state index in [4.69, 9.17) is 4.55 Å². The van der Waals surface area contributed by atoms with Crippen molar-refractivity contribution in [3.8, 4) is 0 Å². The Morgan fingerprint density at radius 2 is 2.67 bits per heavy atom. The third kappa shape index (κ3) is 3.74. The van der Waals surface area contributed by atoms with Crippen molar-refractivity contribution >= 4 is 18.7 Å². The number of nitrogens with one attached hydrogen (secondary N) is 1. The van der Waals surface area contributed by atoms with Crippen LogP contribution < -0.4 is 5.48 Å². The molecule has 0 spiro atoms. The zero-order chi connectivity index (χ0) is 4.83. The molecule has 0 aromatic carbocycles. The van der Waals surface area contributed by atoms with E-state index in [-0.39, 0.29) is 12.3 Å². The van der Waals surface area contributed by atoms with Crippen molar-refractivity contribution in [3.63, 3.8) is 0 Å². The summed E-state index contributed by atoms with van der Waals surface area (Å²) in [6.45, 7) is 0. The minimum Gasteiger partial charge on any atom is -0.305 e. The molecule has 0 atom stereocenters. The first-order chi connectivity index (χ1) is 2.91. The maximum atomic E-state index is 9.20. The molecule has 0 aliphatic carbocycles. The Labute approximate surface area is 38.9 Å². The Hall–Kier alpha value is -0.260. The molecule has 36 valence electrons. The molecule has 0 aliphatic heterocycles. The second-order valence-electron chi connectivity index (χ2n) is 0.394. The van der Waals surface area contributed by atoms with Crippen molar-refractivity contribution in [2.45, 2.75) is 0 Å². The van der Waals surface area contributed by atoms with E-state index in [9.17, 15) is 4.79 Å². The standard InChI is InChI=1S/CH3NO3S/c3-1-2-5-6-4/h1,4H,(H,2,3). The van der Waals surface area contributed by atoms with Gasteiger partial charge in [-0.25, -0.2) is 5.48 Å². The monoisotopic (exact) mass is 109 g/mol. The van der Waals surface area contributed by atoms with Crippen LogP contribution >= 0.6 is 12.3 Å². The predicted molar refractivity (Wildman–Crippen MR) is 20.5 cm³/mol. The zero-order valence-electron chi connectivity index (χ0n) is 2.75. The van der Waals surface area contributed by atoms with Gasteiger partial charge < -0.3 is 4.55 Å². The Balaban J connectivity index is 2.49. The molecule has 5 heteroatoms. The van der Waals surface area contributed by atoms with Gasteiger partial charge in [0.2, 0.25) is 6.41 Å². The lowest BCUT2D eigenvalue weighted by atomic mass is 11.5. The van der Waals surface area contributed by atoms with E-state index in [1.165, 1.54) is 0 Å². The van der Waals surface area contributed by atoms with Crippen LogP contribution in [0.1, 0.15) is 0 Å². The average Bonchev–Trinajstić information content (AvgIpc) is 1.61. The molecule has 4 nitrogen and oxygen atoms in total. The molecule has 0 aromatic heterocycles. The Morgan fingerprint density at radius 3 is 2.83 bits per heavy atom. The topological polar surface area (TPSA) is 58.6 Å². The first-order valence-corrected chi connectivity index (χ1v) is 1.78. The van der Waals surface area contributed by atoms with Crippen LogP contribution in [0.3, 0.4) is 0 Å². The van der Waals surface area contributed by atoms with Gasteiger partial charge in [0.1, 0.15) is 0 Å². The highest BCUT2D eigenvalue weighted by atomic mass is 32.2. The lowest BCUT2D eigenvalue weighted by molar-refractivity contribution is -0.114. The summed E-state index contributed by atoms with van der Waals surface area (Å²) >= 11 is 0.0838. The molecule has 2 N–H and O–H groups in total. The molecular formula is CH3NO3S. The van der Waals surface area contributed by atoms with Crippen molar-refractivity contribution in [1.29, 1.82) is 0 Å². The van der Waals surface area contributed by atoms with Crippen LogP contribution in [0, 0.1) is 0 Å². The number of hydrogen-bond donors (Lipinski definition) is 2. The van der Waals surface area contributed by atoms with Gasteiger partial charge in [0.05, 0.1) is 0 Å². The summed E-state index contributed by atoms with van der Waals surface area (Å²) < 4.78 is 11.5. The van der Waals surface area contributed by atoms with E-state index < -0.39 is 0 Å². The number of amides is 1. The van der Waals surface area contributed by atoms with Crippen molar-refractivity contribution in [3.05, 3.63) is 0 Å². The number of carbonyl (C=O) groups excluding carboxylic acids is 1. The van der Waals surface area contributed by atoms with Crippen molar-refractivity contribution in [2.75, 3.05) is 0 Å². The maximum Gasteiger partial charge on any atom is 0.231 e. The van der Waals surface area contributed by atoms with Crippen LogP contribution in [-0.4, -0.2) is 11.0 Å². The van der Waals surface area contributed by atoms with Crippen molar-refractivity contribution in [1.82, 2.24) is 5.48 Å². The average molecular weight is 109 g/mol. The summed E-state index contributed by atoms with van der Waals surface area (Å²) in [5.41, 5.74) is 1.73. The number of hydroxylamine groups is 1. The predicted octanol–water partition coefficient (Wildman–Crippen LogP) is -0.215. The number of carbonyl (C=O) groups is 1. The van der Waals surface area contributed by atoms with E-state index in [0.29, 0.717) is 6.41 Å². The van der Waals surface area contributed by atoms with Crippen LogP contribution in [0.15, 0.2) is 0 Å². The third-order valence-electron chi connectivity index (χ3n) is 0.133. The molecule has 0 rings (SSSR count). The van der Waals surface area contributed by atoms with E-state index in [0.717, 1.165) is 0 Å². The second-order valence-corrected chi connectivity index (χ2v) is 0.709. The summed E-state index contributed by atoms with van der Waals surface area (Å²) in [7, 11) is 0. The second kappa shape index (κ2) is 4.74. The largest absolute Gasteiger partial charge is 0.305 e. The molecule has 0 radical (unpaired) electrons. The molecule has 0 saturated carbocycles. The Bertz CT molecular complexity index is 39.8. The van der Waals surface area contributed by atoms with Crippen LogP contribution in [0.4, 0.5) is 0 Å². The molecule has 0 bridgehead atoms. The fourth-order valence-corrected chi connectivity index (χ4v) is 0.123. The van der Waals surface area contributed by atoms with E-state index >= 15 is 0 Å². The van der Waals surface area contributed by atoms with Gasteiger partial charge in [0.15, 0.2) is 12.3 Å². The molecule has 0 heterocycles. The van der Waals surface area contributed by atoms with Crippen molar-refractivity contribution < 1.29 is 13.6 Å². The van der Waals surface area contributed by atoms with Gasteiger partial charge in [0.25, 0.3) is 0 Å². The third-order valence-corrected chi connectivity index (χ3v) is 0.304. The summed E-state index contributed by atoms with van der Waals surface area (Å²) in [5.74, 6) is 0. The maximum absolute atomic E-state index is 9.20. The molecule has 0 unspecified atom stereocenters. The first-order valence-electron chi connectivity index (χ1n) is 1.08. The summed E-state index contributed by atoms with van der Waals surface area (Å²) in [5, 5.41) is 0. The number of rotatable bonds is 3. The summed E-state index contributed by atoms with van der Waals surface area (Å²) in [6, 6.07) is 0. The molecule has 1 amide bonds. The van der Waals surface area contributed by atoms with Gasteiger partial charge in [-0.2, -0.15) is 4.28 Å². The van der Waals surface area contributed by atoms with Crippen LogP contribution in [-0.2, 0) is 9.08 Å². The first kappa shape index (κ1) is 5.74. The zero-order valence-corrected chi connectivity index (χ0v) is 3.57. The smallest absolute Gasteiger partial charge is 0.231 e. The van der Waals surface area contributed by atoms with Gasteiger partial charge in [-0.05, 0) is 0 Å². The molecule has 6 heavy (non-hydrogen) atoms. The van der Waals surface area contributed by atoms with Gasteiger partial charge in [0, 0.05) is 0 Å². The van der Waals surface area contributed by atoms with Gasteiger partial charge in [-0.15, -0.1) is 0 Å². The molecular weight excluding hydrogens is 106 g/mol. The minimum atomic E-state index is 0.0838. The summed E-state index contributed by atoms with van der Waals surface area (Å²) in [6.07, 6.45) is 0.309. The van der Waals surface area contributed by atoms with Gasteiger partial charge in [-0.3, -0.25) is 4.79 Å². The van der Waals surface area contributed by atoms with E-state index in [1.54, 1.807) is 5.48 Å². The van der Waals surface area contributed by atoms with Gasteiger partial charge >= 0.3 is 0 Å². The molecule has 0 aromatic rings. The highest BCUT2D eigenvalue weighted by Gasteiger charge is 1.71. The summed E-state index contributed by atoms with van der Waals surface area (Å²) in [4.78, 5) is 9.20. The molecule has 0 aliphatic rings. The molecule has 0 saturated heterocycles. The van der Waals surface area contributed by atoms with Crippen molar-refractivity contribution in [2.24, 2.45) is 0 Å². The van der Waals surface area contributed by atoms with Crippen LogP contribution in [0.25, 0.3) is 0 Å². The SMILES string of the molecule is O=CNOSO. The minimum absolute atomic E-state index is 0.0838. The lowest BCUT2D eigenvalue weighted by Crippen LogP contribution is -2.04. The highest BCUT2D eigenvalue weighted by molar-refractivity contribution is 7.88. The van der Waals surface area contributed by atoms with Gasteiger partial charge in [-0.1, -0.05) is 0 Å². The fourth-order valence-electron chi connectivity index (χ4n) is 0.0412. The lowest BCUT2D eigenvalue weighted by Gasteiger charge is -1.84. The normalized spacial score (nSPS) is 7.50. The number of hydrogen-bond acceptors (Lipinski definition) is 4. The fraction of sp³-hybridized carbons (Fsp3) is 0. The Morgan fingerprint density at radius 1 is 2.00 bits per heavy atom. The Kier molecular flexibility index (Phi) is 4.53. The van der Waals surface area contributed by atoms with E-state index in [1.807, 2.05) is 0 Å². The molecule has 0 fully saturated rings.